The van der Waals surface area contributed by atoms with Crippen LogP contribution >= 0.6 is 0 Å². The molecule has 1 aliphatic rings. The van der Waals surface area contributed by atoms with Crippen LogP contribution in [0.25, 0.3) is 6.08 Å². The molecule has 0 spiro atoms. The fourth-order valence-corrected chi connectivity index (χ4v) is 3.77. The van der Waals surface area contributed by atoms with Gasteiger partial charge in [-0.25, -0.2) is 0 Å². The van der Waals surface area contributed by atoms with Crippen LogP contribution < -0.4 is 19.8 Å². The molecule has 1 aromatic heterocycles. The minimum Gasteiger partial charge on any atom is -0.495 e. The lowest BCUT2D eigenvalue weighted by Crippen LogP contribution is -2.46. The number of hydrogen-bond acceptors (Lipinski definition) is 6. The van der Waals surface area contributed by atoms with Crippen molar-refractivity contribution in [3.63, 3.8) is 0 Å². The Morgan fingerprint density at radius 1 is 0.969 bits per heavy atom. The maximum atomic E-state index is 12.4. The minimum absolute atomic E-state index is 0.160. The largest absolute Gasteiger partial charge is 0.495 e. The zero-order chi connectivity index (χ0) is 22.2. The topological polar surface area (TPSA) is 55.2 Å². The molecule has 0 N–H and O–H groups in total. The molecule has 4 rings (SSSR count). The maximum Gasteiger partial charge on any atom is 0.227 e. The fourth-order valence-electron chi connectivity index (χ4n) is 3.77. The summed E-state index contributed by atoms with van der Waals surface area (Å²) in [6.45, 7) is 4.45. The average Bonchev–Trinajstić information content (AvgIpc) is 2.84. The fraction of sp³-hybridized carbons (Fsp3) is 0.269. The second-order valence-corrected chi connectivity index (χ2v) is 7.63. The zero-order valence-electron chi connectivity index (χ0n) is 18.3. The molecule has 1 saturated heterocycles. The van der Waals surface area contributed by atoms with Crippen LogP contribution in [0.4, 0.5) is 5.69 Å². The van der Waals surface area contributed by atoms with E-state index in [2.05, 4.69) is 15.9 Å². The van der Waals surface area contributed by atoms with E-state index < -0.39 is 0 Å². The lowest BCUT2D eigenvalue weighted by atomic mass is 10.2. The Hall–Kier alpha value is -3.51. The third kappa shape index (κ3) is 5.59. The lowest BCUT2D eigenvalue weighted by Gasteiger charge is -2.36. The molecule has 2 heterocycles. The third-order valence-electron chi connectivity index (χ3n) is 5.47. The Labute approximate surface area is 188 Å². The van der Waals surface area contributed by atoms with Crippen LogP contribution in [0.1, 0.15) is 11.3 Å². The zero-order valence-corrected chi connectivity index (χ0v) is 18.3. The highest BCUT2D eigenvalue weighted by atomic mass is 16.5. The van der Waals surface area contributed by atoms with Gasteiger partial charge < -0.3 is 18.8 Å². The van der Waals surface area contributed by atoms with Gasteiger partial charge in [-0.15, -0.1) is 0 Å². The summed E-state index contributed by atoms with van der Waals surface area (Å²) in [4.78, 5) is 17.0. The number of rotatable bonds is 8. The molecule has 0 unspecified atom stereocenters. The summed E-state index contributed by atoms with van der Waals surface area (Å²) in [6.07, 6.45) is 5.25. The van der Waals surface area contributed by atoms with Crippen molar-refractivity contribution in [1.29, 1.82) is 0 Å². The molecule has 3 aromatic rings. The second-order valence-electron chi connectivity index (χ2n) is 7.63. The van der Waals surface area contributed by atoms with E-state index in [4.69, 9.17) is 13.9 Å². The molecule has 0 radical (unpaired) electrons. The van der Waals surface area contributed by atoms with Gasteiger partial charge in [0.05, 0.1) is 19.3 Å². The third-order valence-corrected chi connectivity index (χ3v) is 5.47. The summed E-state index contributed by atoms with van der Waals surface area (Å²) < 4.78 is 16.7. The Bertz CT molecular complexity index is 1090. The Balaban J connectivity index is 1.28. The smallest absolute Gasteiger partial charge is 0.227 e. The van der Waals surface area contributed by atoms with Gasteiger partial charge in [0.15, 0.2) is 0 Å². The molecule has 0 aliphatic carbocycles. The van der Waals surface area contributed by atoms with Crippen LogP contribution in [0.2, 0.25) is 0 Å². The lowest BCUT2D eigenvalue weighted by molar-refractivity contribution is 0.226. The van der Waals surface area contributed by atoms with E-state index in [1.54, 1.807) is 7.11 Å². The second kappa shape index (κ2) is 10.7. The highest BCUT2D eigenvalue weighted by Crippen LogP contribution is 2.28. The summed E-state index contributed by atoms with van der Waals surface area (Å²) in [5.74, 6) is 1.77. The van der Waals surface area contributed by atoms with Crippen molar-refractivity contribution in [2.45, 2.75) is 6.54 Å². The van der Waals surface area contributed by atoms with Crippen molar-refractivity contribution in [2.75, 3.05) is 44.8 Å². The highest BCUT2D eigenvalue weighted by Gasteiger charge is 2.20. The number of methoxy groups -OCH3 is 1. The Morgan fingerprint density at radius 3 is 2.47 bits per heavy atom. The average molecular weight is 433 g/mol. The van der Waals surface area contributed by atoms with Gasteiger partial charge in [0.25, 0.3) is 0 Å². The molecule has 1 aliphatic heterocycles. The number of nitrogens with zero attached hydrogens (tertiary/aromatic N) is 2. The number of anilines is 1. The van der Waals surface area contributed by atoms with Gasteiger partial charge in [-0.2, -0.15) is 0 Å². The van der Waals surface area contributed by atoms with E-state index in [9.17, 15) is 4.79 Å². The summed E-state index contributed by atoms with van der Waals surface area (Å²) in [5, 5.41) is 0. The normalized spacial score (nSPS) is 14.6. The first kappa shape index (κ1) is 21.7. The van der Waals surface area contributed by atoms with Crippen molar-refractivity contribution in [2.24, 2.45) is 0 Å². The van der Waals surface area contributed by atoms with Crippen LogP contribution in [0.15, 0.2) is 82.2 Å². The molecule has 1 fully saturated rings. The minimum atomic E-state index is -0.160. The van der Waals surface area contributed by atoms with E-state index in [0.29, 0.717) is 18.9 Å². The predicted octanol–water partition coefficient (Wildman–Crippen LogP) is 4.06. The standard InChI is InChI=1S/C26H28N2O4/c1-30-25-12-6-5-11-23(25)28-15-13-27(14-16-28)19-22-18-24(29)26(20-32-22)31-17-7-10-21-8-3-2-4-9-21/h2-12,18,20H,13-17,19H2,1H3. The van der Waals surface area contributed by atoms with E-state index in [1.807, 2.05) is 60.7 Å². The number of hydrogen-bond donors (Lipinski definition) is 0. The summed E-state index contributed by atoms with van der Waals surface area (Å²) in [7, 11) is 1.70. The van der Waals surface area contributed by atoms with Gasteiger partial charge in [0, 0.05) is 32.2 Å². The molecule has 6 heteroatoms. The summed E-state index contributed by atoms with van der Waals surface area (Å²) >= 11 is 0. The van der Waals surface area contributed by atoms with Crippen molar-refractivity contribution < 1.29 is 13.9 Å². The molecule has 0 saturated carbocycles. The van der Waals surface area contributed by atoms with Gasteiger partial charge >= 0.3 is 0 Å². The maximum absolute atomic E-state index is 12.4. The van der Waals surface area contributed by atoms with Crippen LogP contribution in [0.5, 0.6) is 11.5 Å². The molecule has 6 nitrogen and oxygen atoms in total. The SMILES string of the molecule is COc1ccccc1N1CCN(Cc2cc(=O)c(OCC=Cc3ccccc3)co2)CC1. The van der Waals surface area contributed by atoms with Crippen molar-refractivity contribution >= 4 is 11.8 Å². The Kier molecular flexibility index (Phi) is 7.25. The first-order valence-electron chi connectivity index (χ1n) is 10.8. The van der Waals surface area contributed by atoms with Crippen LogP contribution in [0.3, 0.4) is 0 Å². The number of para-hydroxylation sites is 2. The van der Waals surface area contributed by atoms with E-state index >= 15 is 0 Å². The van der Waals surface area contributed by atoms with Gasteiger partial charge in [0.1, 0.15) is 24.4 Å². The molecule has 166 valence electrons. The monoisotopic (exact) mass is 432 g/mol. The number of benzene rings is 2. The predicted molar refractivity (Wildman–Crippen MR) is 126 cm³/mol. The quantitative estimate of drug-likeness (QED) is 0.535. The van der Waals surface area contributed by atoms with Gasteiger partial charge in [0.2, 0.25) is 11.2 Å². The van der Waals surface area contributed by atoms with Crippen LogP contribution in [0, 0.1) is 0 Å². The van der Waals surface area contributed by atoms with E-state index in [1.165, 1.54) is 12.3 Å². The molecule has 0 amide bonds. The number of ether oxygens (including phenoxy) is 2. The van der Waals surface area contributed by atoms with Crippen molar-refractivity contribution in [1.82, 2.24) is 4.90 Å². The van der Waals surface area contributed by atoms with Crippen LogP contribution in [-0.4, -0.2) is 44.8 Å². The Morgan fingerprint density at radius 2 is 1.72 bits per heavy atom. The molecule has 0 atom stereocenters. The van der Waals surface area contributed by atoms with Gasteiger partial charge in [-0.3, -0.25) is 9.69 Å². The molecule has 0 bridgehead atoms. The van der Waals surface area contributed by atoms with E-state index in [-0.39, 0.29) is 11.2 Å². The van der Waals surface area contributed by atoms with Gasteiger partial charge in [-0.05, 0) is 23.8 Å². The molecular formula is C26H28N2O4. The van der Waals surface area contributed by atoms with Crippen molar-refractivity contribution in [3.05, 3.63) is 94.5 Å². The first-order chi connectivity index (χ1) is 15.7. The summed E-state index contributed by atoms with van der Waals surface area (Å²) in [5.41, 5.74) is 2.04. The van der Waals surface area contributed by atoms with Gasteiger partial charge in [-0.1, -0.05) is 48.5 Å². The van der Waals surface area contributed by atoms with Crippen molar-refractivity contribution in [3.8, 4) is 11.5 Å². The van der Waals surface area contributed by atoms with Crippen LogP contribution in [-0.2, 0) is 6.54 Å². The van der Waals surface area contributed by atoms with E-state index in [0.717, 1.165) is 43.2 Å². The molecule has 32 heavy (non-hydrogen) atoms. The first-order valence-corrected chi connectivity index (χ1v) is 10.8. The summed E-state index contributed by atoms with van der Waals surface area (Å²) in [6, 6.07) is 19.6. The molecule has 2 aromatic carbocycles. The molecular weight excluding hydrogens is 404 g/mol. The number of piperazine rings is 1. The highest BCUT2D eigenvalue weighted by molar-refractivity contribution is 5.58.